The zero-order chi connectivity index (χ0) is 19.7. The van der Waals surface area contributed by atoms with Crippen molar-refractivity contribution >= 4 is 34.8 Å². The number of nitrogens with two attached hydrogens (primary N) is 2. The van der Waals surface area contributed by atoms with Crippen LogP contribution in [0.15, 0.2) is 24.3 Å². The summed E-state index contributed by atoms with van der Waals surface area (Å²) >= 11 is 4.64. The van der Waals surface area contributed by atoms with Gasteiger partial charge < -0.3 is 21.7 Å². The van der Waals surface area contributed by atoms with Crippen LogP contribution in [0.3, 0.4) is 0 Å². The van der Waals surface area contributed by atoms with E-state index in [4.69, 9.17) is 11.5 Å². The number of benzene rings is 1. The number of alkyl halides is 1. The summed E-state index contributed by atoms with van der Waals surface area (Å²) in [6.07, 6.45) is 2.91. The Morgan fingerprint density at radius 2 is 1.96 bits per heavy atom. The number of hydrogen-bond donors (Lipinski definition) is 3. The molecule has 0 atom stereocenters. The Balaban J connectivity index is 0.00000163. The topological polar surface area (TPSA) is 110 Å². The first-order chi connectivity index (χ1) is 12.5. The van der Waals surface area contributed by atoms with E-state index in [1.165, 1.54) is 6.38 Å². The van der Waals surface area contributed by atoms with Gasteiger partial charge >= 0.3 is 0 Å². The van der Waals surface area contributed by atoms with E-state index in [1.54, 1.807) is 0 Å². The molecule has 0 saturated carbocycles. The van der Waals surface area contributed by atoms with Crippen molar-refractivity contribution in [1.29, 1.82) is 0 Å². The molecule has 0 aliphatic heterocycles. The highest BCUT2D eigenvalue weighted by Crippen LogP contribution is 2.24. The number of nitrogens with one attached hydrogen (secondary N) is 1. The van der Waals surface area contributed by atoms with Gasteiger partial charge in [-0.1, -0.05) is 19.1 Å². The Morgan fingerprint density at radius 1 is 1.27 bits per heavy atom. The van der Waals surface area contributed by atoms with Crippen molar-refractivity contribution in [2.45, 2.75) is 19.8 Å². The van der Waals surface area contributed by atoms with Gasteiger partial charge in [0.25, 0.3) is 5.91 Å². The Kier molecular flexibility index (Phi) is 8.81. The highest BCUT2D eigenvalue weighted by atomic mass is 35.5. The van der Waals surface area contributed by atoms with Gasteiger partial charge in [-0.3, -0.25) is 4.79 Å². The van der Waals surface area contributed by atoms with Gasteiger partial charge in [0.1, 0.15) is 0 Å². The average molecular weight is 379 g/mol. The maximum atomic E-state index is 11.8. The zero-order valence-corrected chi connectivity index (χ0v) is 16.5. The van der Waals surface area contributed by atoms with Crippen LogP contribution in [0.25, 0.3) is 0 Å². The summed E-state index contributed by atoms with van der Waals surface area (Å²) in [6, 6.07) is 7.81. The normalized spacial score (nSPS) is 9.92. The highest BCUT2D eigenvalue weighted by Gasteiger charge is 2.18. The number of aromatic nitrogens is 2. The first kappa shape index (κ1) is 21.7. The minimum atomic E-state index is -0.608. The molecule has 0 spiro atoms. The second kappa shape index (κ2) is 10.6. The minimum absolute atomic E-state index is 0.140. The summed E-state index contributed by atoms with van der Waals surface area (Å²) < 4.78 is 0. The Labute approximate surface area is 159 Å². The maximum absolute atomic E-state index is 11.8. The third kappa shape index (κ3) is 5.57. The molecule has 0 fully saturated rings. The van der Waals surface area contributed by atoms with Gasteiger partial charge in [-0.2, -0.15) is 0 Å². The molecule has 1 amide bonds. The predicted octanol–water partition coefficient (Wildman–Crippen LogP) is 2.30. The molecule has 8 heteroatoms. The summed E-state index contributed by atoms with van der Waals surface area (Å²) in [7, 11) is 3.78. The Hall–Kier alpha value is -2.38. The van der Waals surface area contributed by atoms with Gasteiger partial charge in [-0.25, -0.2) is 9.97 Å². The van der Waals surface area contributed by atoms with Crippen LogP contribution in [-0.4, -0.2) is 42.9 Å². The molecule has 1 aromatic heterocycles. The molecular formula is C18H27ClN6O. The number of halogens is 1. The first-order valence-electron chi connectivity index (χ1n) is 8.28. The second-order valence-corrected chi connectivity index (χ2v) is 5.67. The van der Waals surface area contributed by atoms with Gasteiger partial charge in [0.15, 0.2) is 17.3 Å². The fourth-order valence-electron chi connectivity index (χ4n) is 2.42. The van der Waals surface area contributed by atoms with E-state index >= 15 is 0 Å². The van der Waals surface area contributed by atoms with Crippen molar-refractivity contribution in [3.05, 3.63) is 41.2 Å². The molecule has 26 heavy (non-hydrogen) atoms. The van der Waals surface area contributed by atoms with Crippen molar-refractivity contribution in [3.63, 3.8) is 0 Å². The van der Waals surface area contributed by atoms with E-state index < -0.39 is 5.91 Å². The molecule has 7 nitrogen and oxygen atoms in total. The molecule has 0 aliphatic rings. The molecule has 2 rings (SSSR count). The summed E-state index contributed by atoms with van der Waals surface area (Å²) in [5.41, 5.74) is 13.9. The van der Waals surface area contributed by atoms with E-state index in [9.17, 15) is 4.79 Å². The lowest BCUT2D eigenvalue weighted by molar-refractivity contribution is 0.0996. The quantitative estimate of drug-likeness (QED) is 0.637. The third-order valence-electron chi connectivity index (χ3n) is 3.56. The number of carbonyl (C=O) groups excluding carboxylic acids is 1. The average Bonchev–Trinajstić information content (AvgIpc) is 2.63. The standard InChI is InChI=1S/C17H24N6O.CH3Cl/c1-4-13-17(23(2)3)22-16(14(21-13)15(19)24)20-12-7-5-6-11(10-12)8-9-18;1-2/h5-7,10H,4,8-9,18H2,1-3H3,(H2,19,24)(H,20,22);1H3. The van der Waals surface area contributed by atoms with Gasteiger partial charge in [0.2, 0.25) is 0 Å². The maximum Gasteiger partial charge on any atom is 0.271 e. The van der Waals surface area contributed by atoms with Crippen LogP contribution in [0, 0.1) is 0 Å². The predicted molar refractivity (Wildman–Crippen MR) is 109 cm³/mol. The first-order valence-corrected chi connectivity index (χ1v) is 9.03. The van der Waals surface area contributed by atoms with Gasteiger partial charge in [0.05, 0.1) is 5.69 Å². The van der Waals surface area contributed by atoms with E-state index in [0.29, 0.717) is 24.6 Å². The number of amides is 1. The van der Waals surface area contributed by atoms with Gasteiger partial charge in [-0.05, 0) is 37.1 Å². The number of aryl methyl sites for hydroxylation is 1. The smallest absolute Gasteiger partial charge is 0.271 e. The highest BCUT2D eigenvalue weighted by molar-refractivity contribution is 6.15. The summed E-state index contributed by atoms with van der Waals surface area (Å²) in [5.74, 6) is 0.458. The Bertz CT molecular complexity index is 736. The number of primary amides is 1. The van der Waals surface area contributed by atoms with Crippen molar-refractivity contribution < 1.29 is 4.79 Å². The lowest BCUT2D eigenvalue weighted by Gasteiger charge is -2.18. The van der Waals surface area contributed by atoms with Crippen molar-refractivity contribution in [3.8, 4) is 0 Å². The number of hydrogen-bond acceptors (Lipinski definition) is 6. The van der Waals surface area contributed by atoms with Crippen LogP contribution in [-0.2, 0) is 12.8 Å². The third-order valence-corrected chi connectivity index (χ3v) is 3.56. The number of anilines is 3. The van der Waals surface area contributed by atoms with Crippen molar-refractivity contribution in [2.24, 2.45) is 11.5 Å². The van der Waals surface area contributed by atoms with Gasteiger partial charge in [-0.15, -0.1) is 11.6 Å². The van der Waals surface area contributed by atoms with Crippen LogP contribution < -0.4 is 21.7 Å². The monoisotopic (exact) mass is 378 g/mol. The molecule has 0 saturated heterocycles. The van der Waals surface area contributed by atoms with Crippen LogP contribution in [0.5, 0.6) is 0 Å². The number of carbonyl (C=O) groups is 1. The minimum Gasteiger partial charge on any atom is -0.364 e. The molecule has 1 heterocycles. The van der Waals surface area contributed by atoms with Crippen LogP contribution in [0.1, 0.15) is 28.7 Å². The molecule has 0 bridgehead atoms. The number of nitrogens with zero attached hydrogens (tertiary/aromatic N) is 3. The zero-order valence-electron chi connectivity index (χ0n) is 15.7. The van der Waals surface area contributed by atoms with Gasteiger partial charge in [0, 0.05) is 26.2 Å². The van der Waals surface area contributed by atoms with E-state index in [2.05, 4.69) is 26.9 Å². The van der Waals surface area contributed by atoms with Crippen molar-refractivity contribution in [1.82, 2.24) is 9.97 Å². The van der Waals surface area contributed by atoms with Crippen molar-refractivity contribution in [2.75, 3.05) is 37.2 Å². The molecule has 0 radical (unpaired) electrons. The van der Waals surface area contributed by atoms with Crippen LogP contribution >= 0.6 is 11.6 Å². The molecule has 1 aromatic carbocycles. The number of rotatable bonds is 7. The van der Waals surface area contributed by atoms with Crippen LogP contribution in [0.2, 0.25) is 0 Å². The summed E-state index contributed by atoms with van der Waals surface area (Å²) in [5, 5.41) is 3.16. The fraction of sp³-hybridized carbons (Fsp3) is 0.389. The lowest BCUT2D eigenvalue weighted by Crippen LogP contribution is -2.21. The molecule has 5 N–H and O–H groups in total. The van der Waals surface area contributed by atoms with E-state index in [1.807, 2.05) is 50.2 Å². The SMILES string of the molecule is CCc1nc(C(N)=O)c(Nc2cccc(CCN)c2)nc1N(C)C.CCl. The summed E-state index contributed by atoms with van der Waals surface area (Å²) in [4.78, 5) is 22.6. The molecular weight excluding hydrogens is 352 g/mol. The molecule has 0 aliphatic carbocycles. The fourth-order valence-corrected chi connectivity index (χ4v) is 2.42. The lowest BCUT2D eigenvalue weighted by atomic mass is 10.1. The Morgan fingerprint density at radius 3 is 2.50 bits per heavy atom. The largest absolute Gasteiger partial charge is 0.364 e. The molecule has 0 unspecified atom stereocenters. The van der Waals surface area contributed by atoms with Crippen LogP contribution in [0.4, 0.5) is 17.3 Å². The molecule has 2 aromatic rings. The van der Waals surface area contributed by atoms with E-state index in [-0.39, 0.29) is 5.69 Å². The second-order valence-electron chi connectivity index (χ2n) is 5.67. The van der Waals surface area contributed by atoms with E-state index in [0.717, 1.165) is 23.4 Å². The molecule has 142 valence electrons. The summed E-state index contributed by atoms with van der Waals surface area (Å²) in [6.45, 7) is 2.54.